The molecule has 108 valence electrons. The molecular weight excluding hydrogens is 262 g/mol. The Morgan fingerprint density at radius 2 is 1.90 bits per heavy atom. The number of nitrogens with zero attached hydrogens (tertiary/aromatic N) is 4. The molecule has 5 nitrogen and oxygen atoms in total. The number of anilines is 1. The van der Waals surface area contributed by atoms with E-state index >= 15 is 0 Å². The molecule has 0 aliphatic rings. The van der Waals surface area contributed by atoms with Crippen LogP contribution in [0.4, 0.5) is 5.95 Å². The van der Waals surface area contributed by atoms with Gasteiger partial charge in [-0.1, -0.05) is 18.2 Å². The number of hydrogen-bond acceptors (Lipinski definition) is 3. The van der Waals surface area contributed by atoms with E-state index < -0.39 is 0 Å². The van der Waals surface area contributed by atoms with Crippen molar-refractivity contribution in [2.45, 2.75) is 19.4 Å². The zero-order valence-corrected chi connectivity index (χ0v) is 11.9. The van der Waals surface area contributed by atoms with Gasteiger partial charge >= 0.3 is 0 Å². The van der Waals surface area contributed by atoms with Gasteiger partial charge in [-0.2, -0.15) is 0 Å². The van der Waals surface area contributed by atoms with E-state index in [0.29, 0.717) is 0 Å². The van der Waals surface area contributed by atoms with Gasteiger partial charge < -0.3 is 9.88 Å². The van der Waals surface area contributed by atoms with E-state index in [9.17, 15) is 0 Å². The maximum absolute atomic E-state index is 4.38. The average molecular weight is 281 g/mol. The fourth-order valence-electron chi connectivity index (χ4n) is 2.27. The highest BCUT2D eigenvalue weighted by Gasteiger charge is 2.03. The highest BCUT2D eigenvalue weighted by molar-refractivity contribution is 5.41. The van der Waals surface area contributed by atoms with Gasteiger partial charge in [0.25, 0.3) is 0 Å². The smallest absolute Gasteiger partial charge is 0.207 e. The molecule has 0 amide bonds. The molecule has 0 atom stereocenters. The van der Waals surface area contributed by atoms with Gasteiger partial charge in [-0.3, -0.25) is 4.57 Å². The van der Waals surface area contributed by atoms with E-state index in [1.807, 2.05) is 49.3 Å². The number of imidazole rings is 2. The van der Waals surface area contributed by atoms with Crippen LogP contribution >= 0.6 is 0 Å². The molecule has 0 unspecified atom stereocenters. The molecule has 1 aromatic carbocycles. The second-order valence-corrected chi connectivity index (χ2v) is 4.89. The molecule has 21 heavy (non-hydrogen) atoms. The second-order valence-electron chi connectivity index (χ2n) is 4.89. The molecule has 0 saturated heterocycles. The van der Waals surface area contributed by atoms with Crippen LogP contribution in [0.5, 0.6) is 0 Å². The van der Waals surface area contributed by atoms with E-state index in [1.165, 1.54) is 0 Å². The summed E-state index contributed by atoms with van der Waals surface area (Å²) < 4.78 is 4.17. The van der Waals surface area contributed by atoms with Crippen LogP contribution in [0.2, 0.25) is 0 Å². The third-order valence-corrected chi connectivity index (χ3v) is 3.36. The predicted octanol–water partition coefficient (Wildman–Crippen LogP) is 2.96. The molecule has 0 radical (unpaired) electrons. The van der Waals surface area contributed by atoms with Crippen molar-refractivity contribution < 1.29 is 0 Å². The standard InChI is InChI=1S/C16H19N5/c1-2-6-15(7-3-1)21-13-10-19-16(21)18-8-4-5-11-20-12-9-17-14-20/h1-3,6-7,9-10,12-14H,4-5,8,11H2,(H,18,19). The summed E-state index contributed by atoms with van der Waals surface area (Å²) in [7, 11) is 0. The summed E-state index contributed by atoms with van der Waals surface area (Å²) >= 11 is 0. The quantitative estimate of drug-likeness (QED) is 0.677. The fourth-order valence-corrected chi connectivity index (χ4v) is 2.27. The summed E-state index contributed by atoms with van der Waals surface area (Å²) in [4.78, 5) is 8.42. The molecule has 2 aromatic heterocycles. The Labute approximate surface area is 124 Å². The Bertz CT molecular complexity index is 642. The number of hydrogen-bond donors (Lipinski definition) is 1. The fraction of sp³-hybridized carbons (Fsp3) is 0.250. The van der Waals surface area contributed by atoms with Crippen LogP contribution in [0.1, 0.15) is 12.8 Å². The maximum Gasteiger partial charge on any atom is 0.207 e. The Kier molecular flexibility index (Phi) is 4.31. The van der Waals surface area contributed by atoms with Gasteiger partial charge in [0.05, 0.1) is 6.33 Å². The average Bonchev–Trinajstić information content (AvgIpc) is 3.19. The SMILES string of the molecule is c1ccc(-n2ccnc2NCCCCn2ccnc2)cc1. The molecule has 0 spiro atoms. The van der Waals surface area contributed by atoms with Gasteiger partial charge in [-0.05, 0) is 25.0 Å². The minimum Gasteiger partial charge on any atom is -0.355 e. The molecule has 3 aromatic rings. The maximum atomic E-state index is 4.38. The van der Waals surface area contributed by atoms with Gasteiger partial charge in [0.15, 0.2) is 0 Å². The Morgan fingerprint density at radius 3 is 2.71 bits per heavy atom. The van der Waals surface area contributed by atoms with E-state index in [4.69, 9.17) is 0 Å². The van der Waals surface area contributed by atoms with Crippen LogP contribution in [0.15, 0.2) is 61.4 Å². The van der Waals surface area contributed by atoms with Crippen LogP contribution in [0, 0.1) is 0 Å². The van der Waals surface area contributed by atoms with E-state index in [-0.39, 0.29) is 0 Å². The molecule has 1 N–H and O–H groups in total. The molecule has 0 aliphatic heterocycles. The summed E-state index contributed by atoms with van der Waals surface area (Å²) in [6.07, 6.45) is 11.7. The van der Waals surface area contributed by atoms with Crippen molar-refractivity contribution in [3.63, 3.8) is 0 Å². The van der Waals surface area contributed by atoms with E-state index in [2.05, 4.69) is 36.6 Å². The normalized spacial score (nSPS) is 10.7. The van der Waals surface area contributed by atoms with Crippen LogP contribution < -0.4 is 5.32 Å². The largest absolute Gasteiger partial charge is 0.355 e. The lowest BCUT2D eigenvalue weighted by Crippen LogP contribution is -2.08. The van der Waals surface area contributed by atoms with Gasteiger partial charge in [0.1, 0.15) is 0 Å². The third kappa shape index (κ3) is 3.51. The zero-order chi connectivity index (χ0) is 14.3. The van der Waals surface area contributed by atoms with Crippen LogP contribution in [-0.4, -0.2) is 25.6 Å². The number of nitrogens with one attached hydrogen (secondary N) is 1. The van der Waals surface area contributed by atoms with Gasteiger partial charge in [-0.15, -0.1) is 0 Å². The number of unbranched alkanes of at least 4 members (excludes halogenated alkanes) is 1. The van der Waals surface area contributed by atoms with Crippen molar-refractivity contribution in [1.82, 2.24) is 19.1 Å². The van der Waals surface area contributed by atoms with Gasteiger partial charge in [0, 0.05) is 43.6 Å². The van der Waals surface area contributed by atoms with E-state index in [0.717, 1.165) is 37.6 Å². The van der Waals surface area contributed by atoms with Crippen LogP contribution in [-0.2, 0) is 6.54 Å². The first-order valence-corrected chi connectivity index (χ1v) is 7.22. The molecule has 0 bridgehead atoms. The topological polar surface area (TPSA) is 47.7 Å². The number of para-hydroxylation sites is 1. The highest BCUT2D eigenvalue weighted by atomic mass is 15.2. The molecule has 5 heteroatoms. The number of benzene rings is 1. The van der Waals surface area contributed by atoms with E-state index in [1.54, 1.807) is 0 Å². The van der Waals surface area contributed by atoms with Crippen molar-refractivity contribution in [2.24, 2.45) is 0 Å². The first kappa shape index (κ1) is 13.4. The summed E-state index contributed by atoms with van der Waals surface area (Å²) in [5, 5.41) is 3.40. The lowest BCUT2D eigenvalue weighted by molar-refractivity contribution is 0.620. The summed E-state index contributed by atoms with van der Waals surface area (Å²) in [6, 6.07) is 10.2. The molecule has 3 rings (SSSR count). The number of aromatic nitrogens is 4. The van der Waals surface area contributed by atoms with Crippen molar-refractivity contribution in [3.8, 4) is 5.69 Å². The zero-order valence-electron chi connectivity index (χ0n) is 11.9. The minimum absolute atomic E-state index is 0.892. The molecule has 2 heterocycles. The lowest BCUT2D eigenvalue weighted by atomic mass is 10.3. The monoisotopic (exact) mass is 281 g/mol. The minimum atomic E-state index is 0.892. The summed E-state index contributed by atoms with van der Waals surface area (Å²) in [5.41, 5.74) is 1.12. The van der Waals surface area contributed by atoms with Crippen molar-refractivity contribution >= 4 is 5.95 Å². The Hall–Kier alpha value is -2.56. The molecule has 0 aliphatic carbocycles. The lowest BCUT2D eigenvalue weighted by Gasteiger charge is -2.09. The number of aryl methyl sites for hydroxylation is 1. The van der Waals surface area contributed by atoms with Crippen molar-refractivity contribution in [1.29, 1.82) is 0 Å². The highest BCUT2D eigenvalue weighted by Crippen LogP contribution is 2.13. The Morgan fingerprint density at radius 1 is 1.00 bits per heavy atom. The third-order valence-electron chi connectivity index (χ3n) is 3.36. The molecular formula is C16H19N5. The summed E-state index contributed by atoms with van der Waals surface area (Å²) in [5.74, 6) is 0.892. The molecule has 0 fully saturated rings. The van der Waals surface area contributed by atoms with Crippen molar-refractivity contribution in [3.05, 3.63) is 61.4 Å². The van der Waals surface area contributed by atoms with Gasteiger partial charge in [-0.25, -0.2) is 9.97 Å². The predicted molar refractivity (Wildman–Crippen MR) is 83.5 cm³/mol. The van der Waals surface area contributed by atoms with Crippen LogP contribution in [0.25, 0.3) is 5.69 Å². The Balaban J connectivity index is 1.49. The number of rotatable bonds is 7. The van der Waals surface area contributed by atoms with Gasteiger partial charge in [0.2, 0.25) is 5.95 Å². The molecule has 0 saturated carbocycles. The van der Waals surface area contributed by atoms with Crippen LogP contribution in [0.3, 0.4) is 0 Å². The van der Waals surface area contributed by atoms with Crippen molar-refractivity contribution in [2.75, 3.05) is 11.9 Å². The summed E-state index contributed by atoms with van der Waals surface area (Å²) in [6.45, 7) is 1.92. The first-order valence-electron chi connectivity index (χ1n) is 7.22. The first-order chi connectivity index (χ1) is 10.4. The second kappa shape index (κ2) is 6.74.